The number of anilines is 1. The number of rotatable bonds is 5. The van der Waals surface area contributed by atoms with Crippen molar-refractivity contribution in [2.45, 2.75) is 44.8 Å². The highest BCUT2D eigenvalue weighted by atomic mass is 32.2. The summed E-state index contributed by atoms with van der Waals surface area (Å²) in [6.45, 7) is 3.52. The number of aryl methyl sites for hydroxylation is 1. The topological polar surface area (TPSA) is 79.8 Å². The maximum Gasteiger partial charge on any atom is 0.247 e. The predicted octanol–water partition coefficient (Wildman–Crippen LogP) is 2.54. The van der Waals surface area contributed by atoms with Gasteiger partial charge < -0.3 is 4.74 Å². The van der Waals surface area contributed by atoms with E-state index in [4.69, 9.17) is 4.74 Å². The van der Waals surface area contributed by atoms with E-state index in [0.29, 0.717) is 37.7 Å². The van der Waals surface area contributed by atoms with Crippen molar-refractivity contribution in [3.05, 3.63) is 23.8 Å². The number of ether oxygens (including phenoxy) is 1. The van der Waals surface area contributed by atoms with Crippen LogP contribution in [0.5, 0.6) is 0 Å². The van der Waals surface area contributed by atoms with E-state index in [0.717, 1.165) is 28.6 Å². The third kappa shape index (κ3) is 3.94. The summed E-state index contributed by atoms with van der Waals surface area (Å²) in [5.74, 6) is -0.200. The van der Waals surface area contributed by atoms with Crippen molar-refractivity contribution in [1.82, 2.24) is 9.29 Å². The van der Waals surface area contributed by atoms with E-state index in [-0.39, 0.29) is 12.0 Å². The van der Waals surface area contributed by atoms with Gasteiger partial charge in [-0.1, -0.05) is 17.4 Å². The Labute approximate surface area is 169 Å². The normalized spacial score (nSPS) is 23.5. The molecule has 2 atom stereocenters. The molecular formula is C19H25N3O4S2. The Morgan fingerprint density at radius 1 is 1.36 bits per heavy atom. The van der Waals surface area contributed by atoms with Gasteiger partial charge in [0.2, 0.25) is 15.9 Å². The van der Waals surface area contributed by atoms with Gasteiger partial charge in [-0.3, -0.25) is 9.69 Å². The number of carbonyl (C=O) groups excluding carboxylic acids is 1. The zero-order chi connectivity index (χ0) is 19.9. The number of thiazole rings is 1. The SMILES string of the molecule is Cc1ccc2nc(N(CC3CCCO3)C(=O)C3CCCN3S(C)(=O)=O)sc2c1. The molecule has 1 amide bonds. The van der Waals surface area contributed by atoms with Crippen LogP contribution in [0.2, 0.25) is 0 Å². The van der Waals surface area contributed by atoms with Crippen molar-refractivity contribution in [1.29, 1.82) is 0 Å². The highest BCUT2D eigenvalue weighted by Gasteiger charge is 2.40. The second-order valence-corrected chi connectivity index (χ2v) is 10.5. The molecule has 0 radical (unpaired) electrons. The molecule has 1 aromatic heterocycles. The smallest absolute Gasteiger partial charge is 0.247 e. The van der Waals surface area contributed by atoms with Crippen molar-refractivity contribution in [3.63, 3.8) is 0 Å². The Balaban J connectivity index is 1.68. The van der Waals surface area contributed by atoms with E-state index in [2.05, 4.69) is 11.1 Å². The van der Waals surface area contributed by atoms with E-state index in [9.17, 15) is 13.2 Å². The van der Waals surface area contributed by atoms with Crippen LogP contribution in [0.1, 0.15) is 31.2 Å². The Morgan fingerprint density at radius 2 is 2.18 bits per heavy atom. The molecule has 0 spiro atoms. The monoisotopic (exact) mass is 423 g/mol. The Hall–Kier alpha value is -1.55. The number of carbonyl (C=O) groups is 1. The van der Waals surface area contributed by atoms with Gasteiger partial charge in [-0.25, -0.2) is 13.4 Å². The van der Waals surface area contributed by atoms with Crippen molar-refractivity contribution < 1.29 is 17.9 Å². The van der Waals surface area contributed by atoms with Gasteiger partial charge in [0.25, 0.3) is 0 Å². The highest BCUT2D eigenvalue weighted by Crippen LogP contribution is 2.32. The molecule has 2 saturated heterocycles. The van der Waals surface area contributed by atoms with Crippen LogP contribution in [0, 0.1) is 6.92 Å². The zero-order valence-electron chi connectivity index (χ0n) is 16.1. The molecular weight excluding hydrogens is 398 g/mol. The highest BCUT2D eigenvalue weighted by molar-refractivity contribution is 7.88. The second-order valence-electron chi connectivity index (χ2n) is 7.58. The van der Waals surface area contributed by atoms with Gasteiger partial charge in [-0.05, 0) is 50.3 Å². The molecule has 2 fully saturated rings. The Bertz CT molecular complexity index is 982. The molecule has 7 nitrogen and oxygen atoms in total. The van der Waals surface area contributed by atoms with Gasteiger partial charge in [-0.2, -0.15) is 4.31 Å². The van der Waals surface area contributed by atoms with Gasteiger partial charge in [0.1, 0.15) is 6.04 Å². The first-order valence-electron chi connectivity index (χ1n) is 9.60. The number of hydrogen-bond acceptors (Lipinski definition) is 6. The fourth-order valence-electron chi connectivity index (χ4n) is 3.95. The number of amides is 1. The van der Waals surface area contributed by atoms with Gasteiger partial charge in [0, 0.05) is 13.2 Å². The first-order chi connectivity index (χ1) is 13.3. The molecule has 28 heavy (non-hydrogen) atoms. The standard InChI is InChI=1S/C19H25N3O4S2/c1-13-7-8-15-17(11-13)27-19(20-15)21(12-14-5-4-10-26-14)18(23)16-6-3-9-22(16)28(2,24)25/h7-8,11,14,16H,3-6,9-10,12H2,1-2H3. The quantitative estimate of drug-likeness (QED) is 0.738. The summed E-state index contributed by atoms with van der Waals surface area (Å²) in [5.41, 5.74) is 1.99. The molecule has 0 bridgehead atoms. The summed E-state index contributed by atoms with van der Waals surface area (Å²) in [6, 6.07) is 5.35. The molecule has 9 heteroatoms. The van der Waals surface area contributed by atoms with Crippen molar-refractivity contribution in [2.75, 3.05) is 30.9 Å². The number of hydrogen-bond donors (Lipinski definition) is 0. The first kappa shape index (κ1) is 19.8. The lowest BCUT2D eigenvalue weighted by molar-refractivity contribution is -0.122. The van der Waals surface area contributed by atoms with E-state index < -0.39 is 16.1 Å². The van der Waals surface area contributed by atoms with Gasteiger partial charge in [0.05, 0.1) is 29.1 Å². The molecule has 1 aromatic carbocycles. The lowest BCUT2D eigenvalue weighted by Crippen LogP contribution is -2.49. The number of nitrogens with zero attached hydrogens (tertiary/aromatic N) is 3. The third-order valence-corrected chi connectivity index (χ3v) is 7.68. The molecule has 2 aliphatic rings. The van der Waals surface area contributed by atoms with Gasteiger partial charge in [0.15, 0.2) is 5.13 Å². The van der Waals surface area contributed by atoms with Gasteiger partial charge in [-0.15, -0.1) is 0 Å². The zero-order valence-corrected chi connectivity index (χ0v) is 17.8. The summed E-state index contributed by atoms with van der Waals surface area (Å²) in [5, 5.41) is 0.612. The molecule has 152 valence electrons. The molecule has 2 aromatic rings. The van der Waals surface area contributed by atoms with Crippen molar-refractivity contribution in [3.8, 4) is 0 Å². The first-order valence-corrected chi connectivity index (χ1v) is 12.3. The molecule has 2 unspecified atom stereocenters. The summed E-state index contributed by atoms with van der Waals surface area (Å²) in [4.78, 5) is 19.8. The fraction of sp³-hybridized carbons (Fsp3) is 0.579. The Morgan fingerprint density at radius 3 is 2.89 bits per heavy atom. The van der Waals surface area contributed by atoms with E-state index >= 15 is 0 Å². The predicted molar refractivity (Wildman–Crippen MR) is 110 cm³/mol. The maximum atomic E-state index is 13.5. The third-order valence-electron chi connectivity index (χ3n) is 5.35. The average Bonchev–Trinajstić information content (AvgIpc) is 3.37. The van der Waals surface area contributed by atoms with Gasteiger partial charge >= 0.3 is 0 Å². The van der Waals surface area contributed by atoms with Crippen LogP contribution in [-0.4, -0.2) is 61.7 Å². The van der Waals surface area contributed by atoms with E-state index in [1.54, 1.807) is 4.90 Å². The number of aromatic nitrogens is 1. The minimum atomic E-state index is -3.43. The minimum Gasteiger partial charge on any atom is -0.376 e. The van der Waals surface area contributed by atoms with Crippen LogP contribution in [0.15, 0.2) is 18.2 Å². The van der Waals surface area contributed by atoms with Crippen LogP contribution < -0.4 is 4.90 Å². The van der Waals surface area contributed by atoms with Crippen LogP contribution >= 0.6 is 11.3 Å². The minimum absolute atomic E-state index is 0.0363. The van der Waals surface area contributed by atoms with Crippen LogP contribution in [0.25, 0.3) is 10.2 Å². The van der Waals surface area contributed by atoms with E-state index in [1.807, 2.05) is 19.1 Å². The van der Waals surface area contributed by atoms with Crippen LogP contribution in [-0.2, 0) is 19.6 Å². The summed E-state index contributed by atoms with van der Waals surface area (Å²) < 4.78 is 32.4. The number of benzene rings is 1. The van der Waals surface area contributed by atoms with Crippen LogP contribution in [0.4, 0.5) is 5.13 Å². The maximum absolute atomic E-state index is 13.5. The van der Waals surface area contributed by atoms with E-state index in [1.165, 1.54) is 21.9 Å². The molecule has 0 saturated carbocycles. The van der Waals surface area contributed by atoms with Crippen molar-refractivity contribution >= 4 is 42.6 Å². The fourth-order valence-corrected chi connectivity index (χ4v) is 6.15. The number of fused-ring (bicyclic) bond motifs is 1. The molecule has 0 aliphatic carbocycles. The summed E-state index contributed by atoms with van der Waals surface area (Å²) in [7, 11) is -3.43. The molecule has 2 aliphatic heterocycles. The Kier molecular flexibility index (Phi) is 5.43. The summed E-state index contributed by atoms with van der Waals surface area (Å²) >= 11 is 1.47. The second kappa shape index (κ2) is 7.70. The largest absolute Gasteiger partial charge is 0.376 e. The summed E-state index contributed by atoms with van der Waals surface area (Å²) in [6.07, 6.45) is 4.24. The molecule has 4 rings (SSSR count). The molecule has 0 N–H and O–H groups in total. The van der Waals surface area contributed by atoms with Crippen molar-refractivity contribution in [2.24, 2.45) is 0 Å². The van der Waals surface area contributed by atoms with Crippen LogP contribution in [0.3, 0.4) is 0 Å². The molecule has 3 heterocycles. The average molecular weight is 424 g/mol. The lowest BCUT2D eigenvalue weighted by Gasteiger charge is -2.29. The lowest BCUT2D eigenvalue weighted by atomic mass is 10.2. The number of sulfonamides is 1.